The Hall–Kier alpha value is -3.61. The molecule has 0 aliphatic rings. The highest BCUT2D eigenvalue weighted by Crippen LogP contribution is 2.27. The Bertz CT molecular complexity index is 1070. The summed E-state index contributed by atoms with van der Waals surface area (Å²) in [6.07, 6.45) is 0.658. The largest absolute Gasteiger partial charge is 0.497 e. The van der Waals surface area contributed by atoms with E-state index in [4.69, 9.17) is 9.47 Å². The maximum absolute atomic E-state index is 13.0. The van der Waals surface area contributed by atoms with Crippen LogP contribution in [0.5, 0.6) is 5.75 Å². The number of nitrogens with zero attached hydrogens (tertiary/aromatic N) is 2. The van der Waals surface area contributed by atoms with Crippen molar-refractivity contribution in [3.05, 3.63) is 66.4 Å². The lowest BCUT2D eigenvalue weighted by molar-refractivity contribution is -0.130. The summed E-state index contributed by atoms with van der Waals surface area (Å²) in [6.45, 7) is 7.14. The van der Waals surface area contributed by atoms with Gasteiger partial charge in [-0.25, -0.2) is 9.48 Å². The van der Waals surface area contributed by atoms with Crippen LogP contribution in [0.2, 0.25) is 0 Å². The SMILES string of the molecule is COc1cccc(-c2nn(-c3ccccc3)cc2C(=O)OC(C)C(=O)NC(C)(C)C)c1. The number of aromatic nitrogens is 2. The van der Waals surface area contributed by atoms with E-state index in [2.05, 4.69) is 10.4 Å². The zero-order valence-electron chi connectivity index (χ0n) is 18.4. The maximum Gasteiger partial charge on any atom is 0.342 e. The van der Waals surface area contributed by atoms with Crippen molar-refractivity contribution in [3.63, 3.8) is 0 Å². The van der Waals surface area contributed by atoms with Crippen molar-refractivity contribution in [2.45, 2.75) is 39.3 Å². The summed E-state index contributed by atoms with van der Waals surface area (Å²) in [5.41, 5.74) is 1.77. The molecule has 7 heteroatoms. The van der Waals surface area contributed by atoms with Gasteiger partial charge in [0.1, 0.15) is 17.0 Å². The molecule has 1 aromatic heterocycles. The molecule has 0 aliphatic carbocycles. The number of para-hydroxylation sites is 1. The molecule has 3 aromatic rings. The number of nitrogens with one attached hydrogen (secondary N) is 1. The molecule has 1 unspecified atom stereocenters. The molecule has 1 amide bonds. The number of carbonyl (C=O) groups excluding carboxylic acids is 2. The summed E-state index contributed by atoms with van der Waals surface area (Å²) in [7, 11) is 1.58. The fourth-order valence-corrected chi connectivity index (χ4v) is 2.97. The van der Waals surface area contributed by atoms with Gasteiger partial charge in [-0.15, -0.1) is 0 Å². The van der Waals surface area contributed by atoms with E-state index in [9.17, 15) is 9.59 Å². The van der Waals surface area contributed by atoms with Crippen LogP contribution in [-0.4, -0.2) is 40.4 Å². The van der Waals surface area contributed by atoms with E-state index >= 15 is 0 Å². The van der Waals surface area contributed by atoms with Crippen molar-refractivity contribution in [3.8, 4) is 22.7 Å². The Kier molecular flexibility index (Phi) is 6.44. The second-order valence-electron chi connectivity index (χ2n) is 8.19. The summed E-state index contributed by atoms with van der Waals surface area (Å²) >= 11 is 0. The van der Waals surface area contributed by atoms with Crippen LogP contribution in [0, 0.1) is 0 Å². The van der Waals surface area contributed by atoms with Gasteiger partial charge in [-0.1, -0.05) is 30.3 Å². The van der Waals surface area contributed by atoms with Crippen molar-refractivity contribution < 1.29 is 19.1 Å². The highest BCUT2D eigenvalue weighted by atomic mass is 16.5. The van der Waals surface area contributed by atoms with Gasteiger partial charge in [0, 0.05) is 17.3 Å². The summed E-state index contributed by atoms with van der Waals surface area (Å²) in [6, 6.07) is 16.7. The number of benzene rings is 2. The zero-order valence-corrected chi connectivity index (χ0v) is 18.4. The normalized spacial score (nSPS) is 12.2. The lowest BCUT2D eigenvalue weighted by Crippen LogP contribution is -2.46. The van der Waals surface area contributed by atoms with E-state index < -0.39 is 17.6 Å². The number of amides is 1. The Labute approximate surface area is 182 Å². The molecule has 31 heavy (non-hydrogen) atoms. The molecule has 162 valence electrons. The molecule has 2 aromatic carbocycles. The molecule has 0 fully saturated rings. The van der Waals surface area contributed by atoms with Gasteiger partial charge in [0.2, 0.25) is 0 Å². The predicted octanol–water partition coefficient (Wildman–Crippen LogP) is 4.01. The summed E-state index contributed by atoms with van der Waals surface area (Å²) in [5, 5.41) is 7.43. The molecule has 0 bridgehead atoms. The summed E-state index contributed by atoms with van der Waals surface area (Å²) < 4.78 is 12.4. The molecule has 7 nitrogen and oxygen atoms in total. The van der Waals surface area contributed by atoms with Crippen LogP contribution in [0.1, 0.15) is 38.1 Å². The average Bonchev–Trinajstić information content (AvgIpc) is 3.19. The van der Waals surface area contributed by atoms with Gasteiger partial charge in [-0.3, -0.25) is 4.79 Å². The highest BCUT2D eigenvalue weighted by Gasteiger charge is 2.26. The third kappa shape index (κ3) is 5.51. The molecule has 0 radical (unpaired) electrons. The Morgan fingerprint density at radius 3 is 2.42 bits per heavy atom. The van der Waals surface area contributed by atoms with E-state index in [1.54, 1.807) is 31.0 Å². The second kappa shape index (κ2) is 9.04. The minimum Gasteiger partial charge on any atom is -0.497 e. The Morgan fingerprint density at radius 2 is 1.77 bits per heavy atom. The van der Waals surface area contributed by atoms with Crippen molar-refractivity contribution >= 4 is 11.9 Å². The van der Waals surface area contributed by atoms with Gasteiger partial charge < -0.3 is 14.8 Å². The van der Waals surface area contributed by atoms with E-state index in [1.807, 2.05) is 69.3 Å². The minimum atomic E-state index is -0.954. The van der Waals surface area contributed by atoms with Crippen LogP contribution in [0.4, 0.5) is 0 Å². The van der Waals surface area contributed by atoms with Gasteiger partial charge >= 0.3 is 5.97 Å². The highest BCUT2D eigenvalue weighted by molar-refractivity contribution is 5.97. The zero-order chi connectivity index (χ0) is 22.6. The number of esters is 1. The van der Waals surface area contributed by atoms with E-state index in [0.29, 0.717) is 17.0 Å². The standard InChI is InChI=1S/C24H27N3O4/c1-16(22(28)25-24(2,3)4)31-23(29)20-15-27(18-11-7-6-8-12-18)26-21(20)17-10-9-13-19(14-17)30-5/h6-16H,1-5H3,(H,25,28). The molecule has 1 atom stereocenters. The monoisotopic (exact) mass is 421 g/mol. The number of hydrogen-bond donors (Lipinski definition) is 1. The lowest BCUT2D eigenvalue weighted by Gasteiger charge is -2.23. The first kappa shape index (κ1) is 22.1. The lowest BCUT2D eigenvalue weighted by atomic mass is 10.1. The molecular weight excluding hydrogens is 394 g/mol. The fraction of sp³-hybridized carbons (Fsp3) is 0.292. The van der Waals surface area contributed by atoms with Crippen LogP contribution in [0.25, 0.3) is 16.9 Å². The van der Waals surface area contributed by atoms with E-state index in [0.717, 1.165) is 5.69 Å². The smallest absolute Gasteiger partial charge is 0.342 e. The van der Waals surface area contributed by atoms with Crippen molar-refractivity contribution in [1.82, 2.24) is 15.1 Å². The molecule has 0 aliphatic heterocycles. The van der Waals surface area contributed by atoms with Crippen molar-refractivity contribution in [2.75, 3.05) is 7.11 Å². The number of carbonyl (C=O) groups is 2. The van der Waals surface area contributed by atoms with E-state index in [-0.39, 0.29) is 11.5 Å². The van der Waals surface area contributed by atoms with Crippen molar-refractivity contribution in [1.29, 1.82) is 0 Å². The number of ether oxygens (including phenoxy) is 2. The minimum absolute atomic E-state index is 0.257. The predicted molar refractivity (Wildman–Crippen MR) is 118 cm³/mol. The molecule has 0 saturated carbocycles. The Morgan fingerprint density at radius 1 is 1.06 bits per heavy atom. The summed E-state index contributed by atoms with van der Waals surface area (Å²) in [5.74, 6) is -0.347. The first-order valence-electron chi connectivity index (χ1n) is 10.0. The molecule has 3 rings (SSSR count). The van der Waals surface area contributed by atoms with Crippen LogP contribution in [0.15, 0.2) is 60.8 Å². The molecule has 0 spiro atoms. The van der Waals surface area contributed by atoms with Crippen LogP contribution >= 0.6 is 0 Å². The fourth-order valence-electron chi connectivity index (χ4n) is 2.97. The maximum atomic E-state index is 13.0. The second-order valence-corrected chi connectivity index (χ2v) is 8.19. The summed E-state index contributed by atoms with van der Waals surface area (Å²) in [4.78, 5) is 25.4. The number of hydrogen-bond acceptors (Lipinski definition) is 5. The average molecular weight is 421 g/mol. The molecule has 1 heterocycles. The van der Waals surface area contributed by atoms with E-state index in [1.165, 1.54) is 0 Å². The number of methoxy groups -OCH3 is 1. The van der Waals surface area contributed by atoms with Gasteiger partial charge in [-0.05, 0) is 52.0 Å². The van der Waals surface area contributed by atoms with Crippen LogP contribution in [-0.2, 0) is 9.53 Å². The van der Waals surface area contributed by atoms with Gasteiger partial charge in [0.05, 0.1) is 12.8 Å². The molecular formula is C24H27N3O4. The first-order chi connectivity index (χ1) is 14.7. The van der Waals surface area contributed by atoms with Gasteiger partial charge in [0.25, 0.3) is 5.91 Å². The first-order valence-corrected chi connectivity index (χ1v) is 10.0. The Balaban J connectivity index is 1.96. The van der Waals surface area contributed by atoms with Gasteiger partial charge in [0.15, 0.2) is 6.10 Å². The van der Waals surface area contributed by atoms with Crippen molar-refractivity contribution in [2.24, 2.45) is 0 Å². The van der Waals surface area contributed by atoms with Gasteiger partial charge in [-0.2, -0.15) is 5.10 Å². The quantitative estimate of drug-likeness (QED) is 0.608. The van der Waals surface area contributed by atoms with Crippen LogP contribution < -0.4 is 10.1 Å². The van der Waals surface area contributed by atoms with Crippen LogP contribution in [0.3, 0.4) is 0 Å². The third-order valence-electron chi connectivity index (χ3n) is 4.45. The third-order valence-corrected chi connectivity index (χ3v) is 4.45. The number of rotatable bonds is 6. The topological polar surface area (TPSA) is 82.5 Å². The molecule has 1 N–H and O–H groups in total. The molecule has 0 saturated heterocycles.